The largest absolute Gasteiger partial charge is 0.489 e. The molecule has 5 heterocycles. The summed E-state index contributed by atoms with van der Waals surface area (Å²) in [6.07, 6.45) is 4.70. The molecule has 0 aliphatic carbocycles. The molecule has 0 spiro atoms. The smallest absolute Gasteiger partial charge is 0.163 e. The van der Waals surface area contributed by atoms with Gasteiger partial charge in [0, 0.05) is 30.6 Å². The molecule has 2 aliphatic heterocycles. The summed E-state index contributed by atoms with van der Waals surface area (Å²) in [5.74, 6) is 1.82. The molecule has 186 valence electrons. The van der Waals surface area contributed by atoms with E-state index in [1.54, 1.807) is 16.8 Å². The van der Waals surface area contributed by atoms with Gasteiger partial charge in [-0.3, -0.25) is 0 Å². The van der Waals surface area contributed by atoms with Crippen LogP contribution in [0.5, 0.6) is 17.2 Å². The van der Waals surface area contributed by atoms with Crippen LogP contribution in [0, 0.1) is 12.7 Å². The van der Waals surface area contributed by atoms with Crippen molar-refractivity contribution in [1.29, 1.82) is 0 Å². The molecule has 7 rings (SSSR count). The highest BCUT2D eigenvalue weighted by Crippen LogP contribution is 2.42. The second-order valence-electron chi connectivity index (χ2n) is 9.02. The van der Waals surface area contributed by atoms with E-state index in [2.05, 4.69) is 25.4 Å². The number of aryl methyl sites for hydroxylation is 1. The molecule has 1 atom stereocenters. The maximum atomic E-state index is 16.0. The summed E-state index contributed by atoms with van der Waals surface area (Å²) < 4.78 is 35.2. The van der Waals surface area contributed by atoms with Gasteiger partial charge in [0.25, 0.3) is 0 Å². The summed E-state index contributed by atoms with van der Waals surface area (Å²) in [5, 5.41) is 7.68. The van der Waals surface area contributed by atoms with E-state index in [9.17, 15) is 0 Å². The number of anilines is 3. The monoisotopic (exact) mass is 499 g/mol. The summed E-state index contributed by atoms with van der Waals surface area (Å²) in [6.45, 7) is 4.05. The van der Waals surface area contributed by atoms with E-state index >= 15 is 4.39 Å². The Morgan fingerprint density at radius 2 is 2.03 bits per heavy atom. The van der Waals surface area contributed by atoms with Crippen LogP contribution in [0.2, 0.25) is 0 Å². The molecule has 2 aromatic carbocycles. The molecule has 1 fully saturated rings. The highest BCUT2D eigenvalue weighted by Gasteiger charge is 2.34. The lowest BCUT2D eigenvalue weighted by Crippen LogP contribution is -2.51. The van der Waals surface area contributed by atoms with E-state index in [0.29, 0.717) is 71.7 Å². The zero-order chi connectivity index (χ0) is 24.9. The Bertz CT molecular complexity index is 1660. The van der Waals surface area contributed by atoms with Gasteiger partial charge in [-0.25, -0.2) is 23.9 Å². The minimum atomic E-state index is -0.400. The summed E-state index contributed by atoms with van der Waals surface area (Å²) >= 11 is 0. The number of hydrogen-bond acceptors (Lipinski definition) is 9. The van der Waals surface area contributed by atoms with Crippen LogP contribution in [0.1, 0.15) is 5.56 Å². The quantitative estimate of drug-likeness (QED) is 0.389. The fourth-order valence-electron chi connectivity index (χ4n) is 4.86. The third kappa shape index (κ3) is 3.75. The molecule has 11 heteroatoms. The van der Waals surface area contributed by atoms with Crippen LogP contribution in [0.25, 0.3) is 16.6 Å². The molecule has 3 aromatic heterocycles. The Kier molecular flexibility index (Phi) is 5.03. The van der Waals surface area contributed by atoms with E-state index in [1.807, 2.05) is 42.2 Å². The molecule has 1 saturated heterocycles. The fraction of sp³-hybridized carbons (Fsp3) is 0.231. The van der Waals surface area contributed by atoms with Crippen molar-refractivity contribution in [1.82, 2.24) is 24.6 Å². The fourth-order valence-corrected chi connectivity index (χ4v) is 4.86. The van der Waals surface area contributed by atoms with Gasteiger partial charge in [-0.1, -0.05) is 0 Å². The van der Waals surface area contributed by atoms with Crippen LogP contribution in [-0.2, 0) is 4.74 Å². The average molecular weight is 500 g/mol. The molecule has 0 saturated carbocycles. The number of pyridine rings is 1. The minimum Gasteiger partial charge on any atom is -0.489 e. The van der Waals surface area contributed by atoms with Gasteiger partial charge in [0.15, 0.2) is 11.5 Å². The SMILES string of the molecule is Cc1cc(Nc2ncnc3cc4c(c(F)c23)N2CCOCC2CO4)ccc1Oc1ccn2ncnc2c1. The second kappa shape index (κ2) is 8.56. The number of nitrogens with zero attached hydrogens (tertiary/aromatic N) is 6. The van der Waals surface area contributed by atoms with Gasteiger partial charge in [-0.05, 0) is 36.8 Å². The number of rotatable bonds is 4. The van der Waals surface area contributed by atoms with Crippen molar-refractivity contribution in [2.24, 2.45) is 0 Å². The first-order chi connectivity index (χ1) is 18.1. The Morgan fingerprint density at radius 3 is 2.95 bits per heavy atom. The van der Waals surface area contributed by atoms with Crippen molar-refractivity contribution < 1.29 is 18.6 Å². The lowest BCUT2D eigenvalue weighted by atomic mass is 10.1. The molecular formula is C26H22FN7O3. The van der Waals surface area contributed by atoms with E-state index in [0.717, 1.165) is 11.3 Å². The Morgan fingerprint density at radius 1 is 1.08 bits per heavy atom. The topological polar surface area (TPSA) is 98.9 Å². The van der Waals surface area contributed by atoms with Crippen molar-refractivity contribution in [3.05, 3.63) is 66.6 Å². The lowest BCUT2D eigenvalue weighted by molar-refractivity contribution is 0.0699. The first kappa shape index (κ1) is 21.7. The maximum absolute atomic E-state index is 16.0. The van der Waals surface area contributed by atoms with Gasteiger partial charge in [0.2, 0.25) is 0 Å². The number of benzene rings is 2. The van der Waals surface area contributed by atoms with Crippen LogP contribution in [0.3, 0.4) is 0 Å². The molecule has 37 heavy (non-hydrogen) atoms. The number of morpholine rings is 1. The molecular weight excluding hydrogens is 477 g/mol. The molecule has 2 aliphatic rings. The highest BCUT2D eigenvalue weighted by molar-refractivity contribution is 5.96. The Hall–Kier alpha value is -4.51. The van der Waals surface area contributed by atoms with Gasteiger partial charge in [0.05, 0.1) is 30.2 Å². The van der Waals surface area contributed by atoms with Gasteiger partial charge in [-0.2, -0.15) is 5.10 Å². The van der Waals surface area contributed by atoms with Crippen molar-refractivity contribution in [3.8, 4) is 17.2 Å². The van der Waals surface area contributed by atoms with Crippen molar-refractivity contribution in [2.75, 3.05) is 36.6 Å². The second-order valence-corrected chi connectivity index (χ2v) is 9.02. The van der Waals surface area contributed by atoms with Crippen molar-refractivity contribution in [3.63, 3.8) is 0 Å². The minimum absolute atomic E-state index is 0.0186. The summed E-state index contributed by atoms with van der Waals surface area (Å²) in [4.78, 5) is 14.9. The van der Waals surface area contributed by atoms with Gasteiger partial charge in [0.1, 0.15) is 48.0 Å². The zero-order valence-electron chi connectivity index (χ0n) is 19.9. The molecule has 1 N–H and O–H groups in total. The molecule has 10 nitrogen and oxygen atoms in total. The molecule has 0 amide bonds. The number of hydrogen-bond donors (Lipinski definition) is 1. The summed E-state index contributed by atoms with van der Waals surface area (Å²) in [6, 6.07) is 11.1. The Labute approximate surface area is 210 Å². The standard InChI is InChI=1S/C26H22FN7O3/c1-15-8-16(2-3-20(15)37-18-4-5-34-22(9-18)29-14-31-34)32-26-23-19(28-13-30-26)10-21-25(24(23)27)33-6-7-35-11-17(33)12-36-21/h2-5,8-10,13-14,17H,6-7,11-12H2,1H3,(H,28,30,32). The number of halogens is 1. The van der Waals surface area contributed by atoms with Crippen molar-refractivity contribution in [2.45, 2.75) is 13.0 Å². The first-order valence-corrected chi connectivity index (χ1v) is 11.9. The molecule has 0 radical (unpaired) electrons. The Balaban J connectivity index is 1.21. The van der Waals surface area contributed by atoms with Crippen LogP contribution in [0.4, 0.5) is 21.6 Å². The molecule has 5 aromatic rings. The van der Waals surface area contributed by atoms with Gasteiger partial charge in [-0.15, -0.1) is 0 Å². The first-order valence-electron chi connectivity index (χ1n) is 11.9. The predicted molar refractivity (Wildman–Crippen MR) is 134 cm³/mol. The van der Waals surface area contributed by atoms with E-state index in [1.165, 1.54) is 12.7 Å². The van der Waals surface area contributed by atoms with Crippen molar-refractivity contribution >= 4 is 33.7 Å². The van der Waals surface area contributed by atoms with Crippen LogP contribution in [-0.4, -0.2) is 57.0 Å². The van der Waals surface area contributed by atoms with E-state index in [4.69, 9.17) is 14.2 Å². The third-order valence-corrected chi connectivity index (χ3v) is 6.67. The normalized spacial score (nSPS) is 16.8. The molecule has 1 unspecified atom stereocenters. The summed E-state index contributed by atoms with van der Waals surface area (Å²) in [7, 11) is 0. The summed E-state index contributed by atoms with van der Waals surface area (Å²) in [5.41, 5.74) is 3.25. The van der Waals surface area contributed by atoms with E-state index < -0.39 is 5.82 Å². The molecule has 0 bridgehead atoms. The number of fused-ring (bicyclic) bond motifs is 5. The predicted octanol–water partition coefficient (Wildman–Crippen LogP) is 4.25. The third-order valence-electron chi connectivity index (χ3n) is 6.67. The maximum Gasteiger partial charge on any atom is 0.163 e. The average Bonchev–Trinajstić information content (AvgIpc) is 3.38. The number of nitrogens with one attached hydrogen (secondary N) is 1. The lowest BCUT2D eigenvalue weighted by Gasteiger charge is -2.41. The van der Waals surface area contributed by atoms with Crippen LogP contribution in [0.15, 0.2) is 55.2 Å². The van der Waals surface area contributed by atoms with Gasteiger partial charge < -0.3 is 24.4 Å². The zero-order valence-corrected chi connectivity index (χ0v) is 19.9. The van der Waals surface area contributed by atoms with Crippen LogP contribution >= 0.6 is 0 Å². The highest BCUT2D eigenvalue weighted by atomic mass is 19.1. The number of ether oxygens (including phenoxy) is 3. The number of aromatic nitrogens is 5. The van der Waals surface area contributed by atoms with E-state index in [-0.39, 0.29) is 6.04 Å². The van der Waals surface area contributed by atoms with Gasteiger partial charge >= 0.3 is 0 Å². The van der Waals surface area contributed by atoms with Crippen LogP contribution < -0.4 is 19.7 Å².